The molecule has 0 radical (unpaired) electrons. The third-order valence-corrected chi connectivity index (χ3v) is 2.28. The van der Waals surface area contributed by atoms with Crippen molar-refractivity contribution < 1.29 is 9.53 Å². The summed E-state index contributed by atoms with van der Waals surface area (Å²) in [5.74, 6) is 0.721. The minimum atomic E-state index is 0.0618. The van der Waals surface area contributed by atoms with Crippen LogP contribution in [-0.2, 0) is 9.53 Å². The number of rotatable bonds is 9. The Hall–Kier alpha value is -0.610. The van der Waals surface area contributed by atoms with Crippen molar-refractivity contribution in [3.05, 3.63) is 0 Å². The van der Waals surface area contributed by atoms with E-state index >= 15 is 0 Å². The Morgan fingerprint density at radius 3 is 2.56 bits per heavy atom. The molecule has 2 N–H and O–H groups in total. The normalized spacial score (nSPS) is 12.8. The molecule has 0 aliphatic carbocycles. The van der Waals surface area contributed by atoms with Gasteiger partial charge < -0.3 is 15.4 Å². The highest BCUT2D eigenvalue weighted by atomic mass is 16.5. The van der Waals surface area contributed by atoms with Crippen LogP contribution in [-0.4, -0.2) is 38.8 Å². The Bertz CT molecular complexity index is 184. The monoisotopic (exact) mass is 230 g/mol. The average Bonchev–Trinajstić information content (AvgIpc) is 2.20. The molecule has 96 valence electrons. The maximum absolute atomic E-state index is 11.4. The third kappa shape index (κ3) is 9.93. The van der Waals surface area contributed by atoms with E-state index < -0.39 is 0 Å². The molecule has 0 fully saturated rings. The van der Waals surface area contributed by atoms with Gasteiger partial charge >= 0.3 is 0 Å². The third-order valence-electron chi connectivity index (χ3n) is 2.28. The molecule has 0 heterocycles. The van der Waals surface area contributed by atoms with Gasteiger partial charge in [0.2, 0.25) is 5.91 Å². The molecule has 0 spiro atoms. The van der Waals surface area contributed by atoms with Gasteiger partial charge in [-0.2, -0.15) is 0 Å². The van der Waals surface area contributed by atoms with E-state index in [0.29, 0.717) is 31.7 Å². The smallest absolute Gasteiger partial charge is 0.233 e. The minimum absolute atomic E-state index is 0.0618. The molecule has 0 bridgehead atoms. The molecule has 0 aromatic rings. The highest BCUT2D eigenvalue weighted by Crippen LogP contribution is 2.02. The van der Waals surface area contributed by atoms with Crippen molar-refractivity contribution in [2.45, 2.75) is 39.7 Å². The maximum Gasteiger partial charge on any atom is 0.233 e. The zero-order valence-electron chi connectivity index (χ0n) is 11.0. The Kier molecular flexibility index (Phi) is 9.24. The summed E-state index contributed by atoms with van der Waals surface area (Å²) < 4.78 is 4.90. The molecule has 0 rings (SSSR count). The van der Waals surface area contributed by atoms with Crippen LogP contribution in [0.3, 0.4) is 0 Å². The summed E-state index contributed by atoms with van der Waals surface area (Å²) in [6.45, 7) is 8.26. The lowest BCUT2D eigenvalue weighted by Gasteiger charge is -2.15. The van der Waals surface area contributed by atoms with E-state index in [1.807, 2.05) is 0 Å². The number of carbonyl (C=O) groups is 1. The summed E-state index contributed by atoms with van der Waals surface area (Å²) in [5.41, 5.74) is 0. The molecule has 0 aromatic heterocycles. The Labute approximate surface area is 99.1 Å². The summed E-state index contributed by atoms with van der Waals surface area (Å²) in [6, 6.07) is 0.393. The molecule has 4 nitrogen and oxygen atoms in total. The number of hydrogen-bond acceptors (Lipinski definition) is 3. The molecular formula is C12H26N2O2. The fraction of sp³-hybridized carbons (Fsp3) is 0.917. The number of nitrogens with one attached hydrogen (secondary N) is 2. The molecule has 1 unspecified atom stereocenters. The largest absolute Gasteiger partial charge is 0.385 e. The number of ether oxygens (including phenoxy) is 1. The second-order valence-electron chi connectivity index (χ2n) is 4.61. The van der Waals surface area contributed by atoms with E-state index in [2.05, 4.69) is 31.4 Å². The van der Waals surface area contributed by atoms with E-state index in [-0.39, 0.29) is 5.91 Å². The van der Waals surface area contributed by atoms with Gasteiger partial charge in [0.1, 0.15) is 0 Å². The first-order valence-corrected chi connectivity index (χ1v) is 6.05. The number of carbonyl (C=O) groups excluding carboxylic acids is 1. The van der Waals surface area contributed by atoms with Crippen molar-refractivity contribution in [2.75, 3.05) is 26.8 Å². The predicted molar refractivity (Wildman–Crippen MR) is 66.4 cm³/mol. The topological polar surface area (TPSA) is 50.4 Å². The van der Waals surface area contributed by atoms with Crippen molar-refractivity contribution >= 4 is 5.91 Å². The van der Waals surface area contributed by atoms with Crippen LogP contribution in [0.25, 0.3) is 0 Å². The Morgan fingerprint density at radius 1 is 1.31 bits per heavy atom. The minimum Gasteiger partial charge on any atom is -0.385 e. The van der Waals surface area contributed by atoms with Crippen molar-refractivity contribution in [3.63, 3.8) is 0 Å². The Morgan fingerprint density at radius 2 is 2.00 bits per heavy atom. The van der Waals surface area contributed by atoms with Crippen molar-refractivity contribution in [1.82, 2.24) is 10.6 Å². The lowest BCUT2D eigenvalue weighted by molar-refractivity contribution is -0.120. The summed E-state index contributed by atoms with van der Waals surface area (Å²) in [4.78, 5) is 11.4. The van der Waals surface area contributed by atoms with Crippen molar-refractivity contribution in [1.29, 1.82) is 0 Å². The van der Waals surface area contributed by atoms with E-state index in [1.165, 1.54) is 0 Å². The number of hydrogen-bond donors (Lipinski definition) is 2. The first kappa shape index (κ1) is 15.4. The van der Waals surface area contributed by atoms with Crippen molar-refractivity contribution in [2.24, 2.45) is 5.92 Å². The number of amides is 1. The van der Waals surface area contributed by atoms with Gasteiger partial charge in [-0.1, -0.05) is 13.8 Å². The molecule has 0 saturated carbocycles. The van der Waals surface area contributed by atoms with E-state index in [4.69, 9.17) is 4.74 Å². The SMILES string of the molecule is COCCCNC(=O)CNC(C)CC(C)C. The fourth-order valence-electron chi connectivity index (χ4n) is 1.56. The molecule has 0 saturated heterocycles. The van der Waals surface area contributed by atoms with Gasteiger partial charge in [0.05, 0.1) is 6.54 Å². The van der Waals surface area contributed by atoms with Crippen LogP contribution in [0.15, 0.2) is 0 Å². The summed E-state index contributed by atoms with van der Waals surface area (Å²) in [7, 11) is 1.66. The highest BCUT2D eigenvalue weighted by molar-refractivity contribution is 5.77. The highest BCUT2D eigenvalue weighted by Gasteiger charge is 2.06. The van der Waals surface area contributed by atoms with Gasteiger partial charge in [0.25, 0.3) is 0 Å². The molecule has 16 heavy (non-hydrogen) atoms. The van der Waals surface area contributed by atoms with Crippen LogP contribution in [0.4, 0.5) is 0 Å². The molecule has 4 heteroatoms. The van der Waals surface area contributed by atoms with Crippen LogP contribution in [0.1, 0.15) is 33.6 Å². The van der Waals surface area contributed by atoms with Crippen LogP contribution in [0, 0.1) is 5.92 Å². The van der Waals surface area contributed by atoms with Gasteiger partial charge in [-0.15, -0.1) is 0 Å². The quantitative estimate of drug-likeness (QED) is 0.584. The van der Waals surface area contributed by atoms with Gasteiger partial charge in [-0.05, 0) is 25.7 Å². The summed E-state index contributed by atoms with van der Waals surface area (Å²) in [6.07, 6.45) is 1.96. The molecule has 0 aliphatic heterocycles. The average molecular weight is 230 g/mol. The van der Waals surface area contributed by atoms with E-state index in [9.17, 15) is 4.79 Å². The van der Waals surface area contributed by atoms with Gasteiger partial charge in [-0.25, -0.2) is 0 Å². The van der Waals surface area contributed by atoms with Crippen LogP contribution < -0.4 is 10.6 Å². The fourth-order valence-corrected chi connectivity index (χ4v) is 1.56. The van der Waals surface area contributed by atoms with Gasteiger partial charge in [0, 0.05) is 26.3 Å². The van der Waals surface area contributed by atoms with Crippen LogP contribution in [0.2, 0.25) is 0 Å². The molecule has 1 atom stereocenters. The second-order valence-corrected chi connectivity index (χ2v) is 4.61. The summed E-state index contributed by atoms with van der Waals surface area (Å²) >= 11 is 0. The standard InChI is InChI=1S/C12H26N2O2/c1-10(2)8-11(3)14-9-12(15)13-6-5-7-16-4/h10-11,14H,5-9H2,1-4H3,(H,13,15). The van der Waals surface area contributed by atoms with Crippen LogP contribution in [0.5, 0.6) is 0 Å². The van der Waals surface area contributed by atoms with Gasteiger partial charge in [0.15, 0.2) is 0 Å². The lowest BCUT2D eigenvalue weighted by Crippen LogP contribution is -2.38. The Balaban J connectivity index is 3.42. The number of methoxy groups -OCH3 is 1. The zero-order valence-corrected chi connectivity index (χ0v) is 11.0. The molecule has 0 aliphatic rings. The molecule has 1 amide bonds. The second kappa shape index (κ2) is 9.60. The predicted octanol–water partition coefficient (Wildman–Crippen LogP) is 1.16. The first-order chi connectivity index (χ1) is 7.56. The molecule has 0 aromatic carbocycles. The van der Waals surface area contributed by atoms with Crippen molar-refractivity contribution in [3.8, 4) is 0 Å². The lowest BCUT2D eigenvalue weighted by atomic mass is 10.1. The first-order valence-electron chi connectivity index (χ1n) is 6.05. The molecular weight excluding hydrogens is 204 g/mol. The zero-order chi connectivity index (χ0) is 12.4. The van der Waals surface area contributed by atoms with Crippen LogP contribution >= 0.6 is 0 Å². The maximum atomic E-state index is 11.4. The van der Waals surface area contributed by atoms with E-state index in [1.54, 1.807) is 7.11 Å². The summed E-state index contributed by atoms with van der Waals surface area (Å²) in [5, 5.41) is 6.06. The van der Waals surface area contributed by atoms with E-state index in [0.717, 1.165) is 12.8 Å². The van der Waals surface area contributed by atoms with Gasteiger partial charge in [-0.3, -0.25) is 4.79 Å².